The smallest absolute Gasteiger partial charge is 0.134 e. The molecule has 1 fully saturated rings. The minimum atomic E-state index is 0.781. The maximum absolute atomic E-state index is 5.38. The van der Waals surface area contributed by atoms with E-state index in [0.29, 0.717) is 0 Å². The molecule has 2 rings (SSSR count). The molecule has 1 aliphatic rings. The van der Waals surface area contributed by atoms with Gasteiger partial charge in [0, 0.05) is 32.1 Å². The van der Waals surface area contributed by atoms with E-state index in [4.69, 9.17) is 4.74 Å². The molecule has 5 nitrogen and oxygen atoms in total. The van der Waals surface area contributed by atoms with Crippen LogP contribution < -0.4 is 10.2 Å². The quantitative estimate of drug-likeness (QED) is 0.862. The Morgan fingerprint density at radius 1 is 1.28 bits per heavy atom. The van der Waals surface area contributed by atoms with Crippen molar-refractivity contribution < 1.29 is 4.74 Å². The van der Waals surface area contributed by atoms with Crippen LogP contribution in [0.1, 0.15) is 26.1 Å². The van der Waals surface area contributed by atoms with Gasteiger partial charge in [-0.25, -0.2) is 9.97 Å². The summed E-state index contributed by atoms with van der Waals surface area (Å²) in [4.78, 5) is 11.4. The molecule has 1 N–H and O–H groups in total. The maximum atomic E-state index is 5.38. The molecule has 18 heavy (non-hydrogen) atoms. The van der Waals surface area contributed by atoms with Crippen LogP contribution in [0.3, 0.4) is 0 Å². The standard InChI is InChI=1S/C13H22N4O/c1-3-5-11-15-12(14-4-2)10-13(16-11)17-6-8-18-9-7-17/h10H,3-9H2,1-2H3,(H,14,15,16). The summed E-state index contributed by atoms with van der Waals surface area (Å²) in [5.74, 6) is 2.88. The highest BCUT2D eigenvalue weighted by molar-refractivity contribution is 5.49. The number of nitrogens with one attached hydrogen (secondary N) is 1. The van der Waals surface area contributed by atoms with Gasteiger partial charge < -0.3 is 15.0 Å². The molecule has 1 saturated heterocycles. The highest BCUT2D eigenvalue weighted by Crippen LogP contribution is 2.17. The molecule has 2 heterocycles. The number of aromatic nitrogens is 2. The average Bonchev–Trinajstić information content (AvgIpc) is 2.40. The number of morpholine rings is 1. The van der Waals surface area contributed by atoms with E-state index in [1.807, 2.05) is 6.07 Å². The van der Waals surface area contributed by atoms with E-state index in [2.05, 4.69) is 34.0 Å². The van der Waals surface area contributed by atoms with Crippen molar-refractivity contribution in [3.05, 3.63) is 11.9 Å². The Balaban J connectivity index is 2.20. The summed E-state index contributed by atoms with van der Waals surface area (Å²) in [5, 5.41) is 3.28. The van der Waals surface area contributed by atoms with E-state index in [-0.39, 0.29) is 0 Å². The molecule has 0 spiro atoms. The van der Waals surface area contributed by atoms with Crippen molar-refractivity contribution in [2.24, 2.45) is 0 Å². The van der Waals surface area contributed by atoms with Gasteiger partial charge in [0.15, 0.2) is 0 Å². The fraction of sp³-hybridized carbons (Fsp3) is 0.692. The molecule has 0 amide bonds. The van der Waals surface area contributed by atoms with Crippen LogP contribution in [0.2, 0.25) is 0 Å². The van der Waals surface area contributed by atoms with Crippen LogP contribution in [0.4, 0.5) is 11.6 Å². The van der Waals surface area contributed by atoms with Gasteiger partial charge in [-0.2, -0.15) is 0 Å². The van der Waals surface area contributed by atoms with Crippen molar-refractivity contribution in [1.29, 1.82) is 0 Å². The first-order valence-corrected chi connectivity index (χ1v) is 6.78. The van der Waals surface area contributed by atoms with Gasteiger partial charge in [0.05, 0.1) is 13.2 Å². The molecule has 0 radical (unpaired) electrons. The molecule has 0 aliphatic carbocycles. The second-order valence-electron chi connectivity index (χ2n) is 4.41. The second kappa shape index (κ2) is 6.54. The predicted octanol–water partition coefficient (Wildman–Crippen LogP) is 1.70. The molecule has 1 aliphatic heterocycles. The molecule has 0 aromatic carbocycles. The lowest BCUT2D eigenvalue weighted by Gasteiger charge is -2.28. The molecule has 1 aromatic rings. The van der Waals surface area contributed by atoms with Gasteiger partial charge in [-0.1, -0.05) is 6.92 Å². The van der Waals surface area contributed by atoms with E-state index in [1.54, 1.807) is 0 Å². The summed E-state index contributed by atoms with van der Waals surface area (Å²) in [6, 6.07) is 2.04. The minimum absolute atomic E-state index is 0.781. The molecule has 0 saturated carbocycles. The number of ether oxygens (including phenoxy) is 1. The summed E-state index contributed by atoms with van der Waals surface area (Å²) in [7, 11) is 0. The maximum Gasteiger partial charge on any atom is 0.134 e. The number of hydrogen-bond donors (Lipinski definition) is 1. The van der Waals surface area contributed by atoms with Gasteiger partial charge in [0.2, 0.25) is 0 Å². The van der Waals surface area contributed by atoms with Crippen LogP contribution in [0.5, 0.6) is 0 Å². The molecular weight excluding hydrogens is 228 g/mol. The molecule has 100 valence electrons. The first-order chi connectivity index (χ1) is 8.83. The Kier molecular flexibility index (Phi) is 4.75. The van der Waals surface area contributed by atoms with Gasteiger partial charge in [-0.15, -0.1) is 0 Å². The van der Waals surface area contributed by atoms with Crippen LogP contribution in [-0.4, -0.2) is 42.8 Å². The van der Waals surface area contributed by atoms with E-state index in [1.165, 1.54) is 0 Å². The van der Waals surface area contributed by atoms with Crippen molar-refractivity contribution in [2.75, 3.05) is 43.1 Å². The van der Waals surface area contributed by atoms with Gasteiger partial charge in [-0.3, -0.25) is 0 Å². The number of aryl methyl sites for hydroxylation is 1. The fourth-order valence-electron chi connectivity index (χ4n) is 2.04. The van der Waals surface area contributed by atoms with E-state index in [0.717, 1.165) is 63.1 Å². The summed E-state index contributed by atoms with van der Waals surface area (Å²) in [6.45, 7) is 8.49. The predicted molar refractivity (Wildman–Crippen MR) is 73.2 cm³/mol. The van der Waals surface area contributed by atoms with Gasteiger partial charge in [0.25, 0.3) is 0 Å². The Labute approximate surface area is 109 Å². The zero-order valence-electron chi connectivity index (χ0n) is 11.3. The van der Waals surface area contributed by atoms with Gasteiger partial charge in [-0.05, 0) is 13.3 Å². The third kappa shape index (κ3) is 3.32. The van der Waals surface area contributed by atoms with Crippen molar-refractivity contribution >= 4 is 11.6 Å². The summed E-state index contributed by atoms with van der Waals surface area (Å²) in [5.41, 5.74) is 0. The normalized spacial score (nSPS) is 15.8. The minimum Gasteiger partial charge on any atom is -0.378 e. The Hall–Kier alpha value is -1.36. The van der Waals surface area contributed by atoms with E-state index < -0.39 is 0 Å². The topological polar surface area (TPSA) is 50.3 Å². The van der Waals surface area contributed by atoms with Gasteiger partial charge >= 0.3 is 0 Å². The van der Waals surface area contributed by atoms with E-state index >= 15 is 0 Å². The van der Waals surface area contributed by atoms with Crippen molar-refractivity contribution in [3.63, 3.8) is 0 Å². The Morgan fingerprint density at radius 3 is 2.72 bits per heavy atom. The lowest BCUT2D eigenvalue weighted by molar-refractivity contribution is 0.122. The Bertz CT molecular complexity index is 353. The molecule has 0 bridgehead atoms. The summed E-state index contributed by atoms with van der Waals surface area (Å²) >= 11 is 0. The van der Waals surface area contributed by atoms with Crippen molar-refractivity contribution in [1.82, 2.24) is 9.97 Å². The zero-order chi connectivity index (χ0) is 12.8. The summed E-state index contributed by atoms with van der Waals surface area (Å²) in [6.07, 6.45) is 1.99. The average molecular weight is 250 g/mol. The van der Waals surface area contributed by atoms with Crippen LogP contribution in [-0.2, 0) is 11.2 Å². The molecular formula is C13H22N4O. The molecule has 5 heteroatoms. The number of rotatable bonds is 5. The van der Waals surface area contributed by atoms with Crippen LogP contribution in [0.15, 0.2) is 6.07 Å². The van der Waals surface area contributed by atoms with Crippen molar-refractivity contribution in [2.45, 2.75) is 26.7 Å². The second-order valence-corrected chi connectivity index (χ2v) is 4.41. The number of hydrogen-bond acceptors (Lipinski definition) is 5. The SMILES string of the molecule is CCCc1nc(NCC)cc(N2CCOCC2)n1. The lowest BCUT2D eigenvalue weighted by atomic mass is 10.3. The monoisotopic (exact) mass is 250 g/mol. The third-order valence-corrected chi connectivity index (χ3v) is 2.93. The number of nitrogens with zero attached hydrogens (tertiary/aromatic N) is 3. The number of anilines is 2. The summed E-state index contributed by atoms with van der Waals surface area (Å²) < 4.78 is 5.38. The third-order valence-electron chi connectivity index (χ3n) is 2.93. The van der Waals surface area contributed by atoms with Crippen LogP contribution in [0.25, 0.3) is 0 Å². The Morgan fingerprint density at radius 2 is 2.06 bits per heavy atom. The van der Waals surface area contributed by atoms with Crippen LogP contribution >= 0.6 is 0 Å². The molecule has 1 aromatic heterocycles. The van der Waals surface area contributed by atoms with Crippen molar-refractivity contribution in [3.8, 4) is 0 Å². The largest absolute Gasteiger partial charge is 0.378 e. The molecule has 0 atom stereocenters. The highest BCUT2D eigenvalue weighted by atomic mass is 16.5. The zero-order valence-corrected chi connectivity index (χ0v) is 11.3. The first-order valence-electron chi connectivity index (χ1n) is 6.78. The highest BCUT2D eigenvalue weighted by Gasteiger charge is 2.14. The lowest BCUT2D eigenvalue weighted by Crippen LogP contribution is -2.37. The fourth-order valence-corrected chi connectivity index (χ4v) is 2.04. The van der Waals surface area contributed by atoms with Gasteiger partial charge in [0.1, 0.15) is 17.5 Å². The van der Waals surface area contributed by atoms with Crippen LogP contribution in [0, 0.1) is 0 Å². The first kappa shape index (κ1) is 13.1. The molecule has 0 unspecified atom stereocenters. The van der Waals surface area contributed by atoms with E-state index in [9.17, 15) is 0 Å².